The summed E-state index contributed by atoms with van der Waals surface area (Å²) in [7, 11) is 0. The van der Waals surface area contributed by atoms with Crippen molar-refractivity contribution in [2.45, 2.75) is 13.8 Å². The van der Waals surface area contributed by atoms with E-state index in [9.17, 15) is 9.59 Å². The molecule has 0 saturated carbocycles. The van der Waals surface area contributed by atoms with Crippen LogP contribution in [0.5, 0.6) is 0 Å². The van der Waals surface area contributed by atoms with E-state index < -0.39 is 0 Å². The third-order valence-electron chi connectivity index (χ3n) is 4.20. The second-order valence-electron chi connectivity index (χ2n) is 6.34. The maximum Gasteiger partial charge on any atom is 0.271 e. The summed E-state index contributed by atoms with van der Waals surface area (Å²) in [5, 5.41) is 6.85. The predicted molar refractivity (Wildman–Crippen MR) is 112 cm³/mol. The molecule has 0 unspecified atom stereocenters. The first-order valence-electron chi connectivity index (χ1n) is 8.91. The third-order valence-corrected chi connectivity index (χ3v) is 4.20. The molecular formula is C23H21N3O2. The van der Waals surface area contributed by atoms with Crippen LogP contribution < -0.4 is 10.7 Å². The van der Waals surface area contributed by atoms with Gasteiger partial charge in [0.25, 0.3) is 5.91 Å². The van der Waals surface area contributed by atoms with Crippen molar-refractivity contribution in [2.24, 2.45) is 5.10 Å². The van der Waals surface area contributed by atoms with E-state index >= 15 is 0 Å². The minimum absolute atomic E-state index is 0.157. The molecule has 0 aliphatic rings. The van der Waals surface area contributed by atoms with Crippen LogP contribution in [0, 0.1) is 0 Å². The van der Waals surface area contributed by atoms with Gasteiger partial charge >= 0.3 is 0 Å². The van der Waals surface area contributed by atoms with Crippen LogP contribution in [0.1, 0.15) is 29.8 Å². The topological polar surface area (TPSA) is 70.6 Å². The largest absolute Gasteiger partial charge is 0.326 e. The zero-order chi connectivity index (χ0) is 19.9. The molecule has 3 aromatic rings. The highest BCUT2D eigenvalue weighted by molar-refractivity contribution is 6.01. The highest BCUT2D eigenvalue weighted by atomic mass is 16.2. The Hall–Kier alpha value is -3.73. The van der Waals surface area contributed by atoms with Crippen LogP contribution >= 0.6 is 0 Å². The Kier molecular flexibility index (Phi) is 5.97. The molecule has 0 aliphatic carbocycles. The first-order valence-corrected chi connectivity index (χ1v) is 8.91. The lowest BCUT2D eigenvalue weighted by atomic mass is 10.0. The van der Waals surface area contributed by atoms with Gasteiger partial charge in [0.15, 0.2) is 0 Å². The van der Waals surface area contributed by atoms with Gasteiger partial charge in [-0.2, -0.15) is 5.10 Å². The number of carbonyl (C=O) groups is 2. The van der Waals surface area contributed by atoms with Crippen LogP contribution in [0.4, 0.5) is 5.69 Å². The Morgan fingerprint density at radius 2 is 1.29 bits per heavy atom. The smallest absolute Gasteiger partial charge is 0.271 e. The average Bonchev–Trinajstić information content (AvgIpc) is 2.72. The molecule has 0 aromatic heterocycles. The number of hydrogen-bond acceptors (Lipinski definition) is 3. The van der Waals surface area contributed by atoms with E-state index in [0.717, 1.165) is 16.7 Å². The fraction of sp³-hybridized carbons (Fsp3) is 0.0870. The minimum atomic E-state index is -0.311. The number of nitrogens with one attached hydrogen (secondary N) is 2. The van der Waals surface area contributed by atoms with Gasteiger partial charge in [-0.25, -0.2) is 5.43 Å². The van der Waals surface area contributed by atoms with Gasteiger partial charge in [0.05, 0.1) is 5.71 Å². The Morgan fingerprint density at radius 1 is 0.714 bits per heavy atom. The summed E-state index contributed by atoms with van der Waals surface area (Å²) >= 11 is 0. The molecule has 5 nitrogen and oxygen atoms in total. The molecule has 0 radical (unpaired) electrons. The summed E-state index contributed by atoms with van der Waals surface area (Å²) < 4.78 is 0. The van der Waals surface area contributed by atoms with Crippen molar-refractivity contribution in [3.8, 4) is 11.1 Å². The van der Waals surface area contributed by atoms with E-state index in [4.69, 9.17) is 0 Å². The monoisotopic (exact) mass is 371 g/mol. The van der Waals surface area contributed by atoms with Crippen LogP contribution in [0.3, 0.4) is 0 Å². The second kappa shape index (κ2) is 8.77. The van der Waals surface area contributed by atoms with E-state index in [0.29, 0.717) is 17.0 Å². The lowest BCUT2D eigenvalue weighted by molar-refractivity contribution is -0.114. The summed E-state index contributed by atoms with van der Waals surface area (Å²) in [5.41, 5.74) is 7.59. The Labute approximate surface area is 164 Å². The molecule has 0 heterocycles. The fourth-order valence-corrected chi connectivity index (χ4v) is 2.71. The number of carbonyl (C=O) groups excluding carboxylic acids is 2. The molecule has 0 fully saturated rings. The Bertz CT molecular complexity index is 992. The lowest BCUT2D eigenvalue weighted by Crippen LogP contribution is -2.19. The summed E-state index contributed by atoms with van der Waals surface area (Å²) in [5.74, 6) is -0.467. The van der Waals surface area contributed by atoms with Gasteiger partial charge < -0.3 is 5.32 Å². The Balaban J connectivity index is 1.65. The number of rotatable bonds is 5. The standard InChI is InChI=1S/C23H21N3O2/c1-16(18-8-10-20(11-9-18)19-6-4-3-5-7-19)25-26-23(28)21-12-14-22(15-13-21)24-17(2)27/h3-15H,1-2H3,(H,24,27)(H,26,28)/b25-16+. The molecule has 2 N–H and O–H groups in total. The number of benzene rings is 3. The summed E-state index contributed by atoms with van der Waals surface area (Å²) in [6.07, 6.45) is 0. The van der Waals surface area contributed by atoms with Gasteiger partial charge in [-0.3, -0.25) is 9.59 Å². The second-order valence-corrected chi connectivity index (χ2v) is 6.34. The Morgan fingerprint density at radius 3 is 1.89 bits per heavy atom. The SMILES string of the molecule is CC(=O)Nc1ccc(C(=O)N/N=C(\C)c2ccc(-c3ccccc3)cc2)cc1. The molecular weight excluding hydrogens is 350 g/mol. The van der Waals surface area contributed by atoms with E-state index in [1.807, 2.05) is 49.4 Å². The molecule has 3 aromatic carbocycles. The van der Waals surface area contributed by atoms with Gasteiger partial charge in [0, 0.05) is 18.2 Å². The zero-order valence-electron chi connectivity index (χ0n) is 15.8. The van der Waals surface area contributed by atoms with E-state index in [1.54, 1.807) is 24.3 Å². The molecule has 2 amide bonds. The van der Waals surface area contributed by atoms with E-state index in [2.05, 4.69) is 28.0 Å². The van der Waals surface area contributed by atoms with Crippen molar-refractivity contribution >= 4 is 23.2 Å². The fourth-order valence-electron chi connectivity index (χ4n) is 2.71. The van der Waals surface area contributed by atoms with Crippen LogP contribution in [-0.4, -0.2) is 17.5 Å². The van der Waals surface area contributed by atoms with Gasteiger partial charge in [0.1, 0.15) is 0 Å². The van der Waals surface area contributed by atoms with Crippen molar-refractivity contribution in [1.82, 2.24) is 5.43 Å². The first kappa shape index (κ1) is 19.0. The van der Waals surface area contributed by atoms with Gasteiger partial charge in [-0.15, -0.1) is 0 Å². The first-order chi connectivity index (χ1) is 13.5. The molecule has 28 heavy (non-hydrogen) atoms. The quantitative estimate of drug-likeness (QED) is 0.513. The highest BCUT2D eigenvalue weighted by Gasteiger charge is 2.06. The van der Waals surface area contributed by atoms with Crippen molar-refractivity contribution in [3.05, 3.63) is 90.0 Å². The molecule has 0 atom stereocenters. The van der Waals surface area contributed by atoms with E-state index in [-0.39, 0.29) is 11.8 Å². The number of hydrogen-bond donors (Lipinski definition) is 2. The lowest BCUT2D eigenvalue weighted by Gasteiger charge is -2.06. The number of anilines is 1. The van der Waals surface area contributed by atoms with Crippen LogP contribution in [0.2, 0.25) is 0 Å². The maximum atomic E-state index is 12.2. The molecule has 0 saturated heterocycles. The summed E-state index contributed by atoms with van der Waals surface area (Å²) in [4.78, 5) is 23.3. The third kappa shape index (κ3) is 4.92. The van der Waals surface area contributed by atoms with Crippen molar-refractivity contribution in [2.75, 3.05) is 5.32 Å². The van der Waals surface area contributed by atoms with Crippen LogP contribution in [0.15, 0.2) is 84.0 Å². The summed E-state index contributed by atoms with van der Waals surface area (Å²) in [6.45, 7) is 3.28. The van der Waals surface area contributed by atoms with E-state index in [1.165, 1.54) is 6.92 Å². The molecule has 0 bridgehead atoms. The predicted octanol–water partition coefficient (Wildman–Crippen LogP) is 4.47. The average molecular weight is 371 g/mol. The maximum absolute atomic E-state index is 12.2. The van der Waals surface area contributed by atoms with Crippen LogP contribution in [-0.2, 0) is 4.79 Å². The van der Waals surface area contributed by atoms with Gasteiger partial charge in [-0.05, 0) is 47.9 Å². The van der Waals surface area contributed by atoms with Gasteiger partial charge in [-0.1, -0.05) is 54.6 Å². The van der Waals surface area contributed by atoms with Crippen LogP contribution in [0.25, 0.3) is 11.1 Å². The zero-order valence-corrected chi connectivity index (χ0v) is 15.8. The molecule has 140 valence electrons. The van der Waals surface area contributed by atoms with Crippen molar-refractivity contribution in [3.63, 3.8) is 0 Å². The molecule has 0 aliphatic heterocycles. The van der Waals surface area contributed by atoms with Gasteiger partial charge in [0.2, 0.25) is 5.91 Å². The van der Waals surface area contributed by atoms with Crippen molar-refractivity contribution in [1.29, 1.82) is 0 Å². The normalized spacial score (nSPS) is 11.0. The number of nitrogens with zero attached hydrogens (tertiary/aromatic N) is 1. The highest BCUT2D eigenvalue weighted by Crippen LogP contribution is 2.19. The molecule has 3 rings (SSSR count). The molecule has 0 spiro atoms. The minimum Gasteiger partial charge on any atom is -0.326 e. The van der Waals surface area contributed by atoms with Crippen molar-refractivity contribution < 1.29 is 9.59 Å². The number of hydrazone groups is 1. The number of amides is 2. The summed E-state index contributed by atoms with van der Waals surface area (Å²) in [6, 6.07) is 24.8. The molecule has 5 heteroatoms.